The molecule has 0 fully saturated rings. The third-order valence-electron chi connectivity index (χ3n) is 6.11. The lowest BCUT2D eigenvalue weighted by atomic mass is 9.95. The Morgan fingerprint density at radius 3 is 2.51 bits per heavy atom. The molecule has 1 atom stereocenters. The summed E-state index contributed by atoms with van der Waals surface area (Å²) in [6, 6.07) is 16.6. The highest BCUT2D eigenvalue weighted by molar-refractivity contribution is 14.1. The number of nitrogens with zero attached hydrogens (tertiary/aromatic N) is 1. The standard InChI is InChI=1S/C30H27FI2N4O5S/c1-3-40-29(39)26-17(2)35-30(43)36-27(26)20-9-5-7-11-24(20)41-16-25(38)37-34-14-18-12-22(32)28(23(33)13-18)42-15-19-8-4-6-10-21(19)31/h4-14,27H,3,15-16H2,1-2H3,(H,37,38)(H2,35,36,43)/t27-/m0/s1. The fourth-order valence-electron chi connectivity index (χ4n) is 4.17. The summed E-state index contributed by atoms with van der Waals surface area (Å²) in [5.41, 5.74) is 5.22. The second-order valence-corrected chi connectivity index (χ2v) is 11.8. The molecule has 0 unspecified atom stereocenters. The lowest BCUT2D eigenvalue weighted by Crippen LogP contribution is -2.45. The van der Waals surface area contributed by atoms with Crippen LogP contribution in [0.4, 0.5) is 4.39 Å². The van der Waals surface area contributed by atoms with Gasteiger partial charge in [-0.05, 0) is 101 Å². The number of esters is 1. The summed E-state index contributed by atoms with van der Waals surface area (Å²) in [6.07, 6.45) is 1.51. The molecule has 3 aromatic rings. The fourth-order valence-corrected chi connectivity index (χ4v) is 6.57. The topological polar surface area (TPSA) is 110 Å². The Hall–Kier alpha value is -3.31. The van der Waals surface area contributed by atoms with Crippen molar-refractivity contribution >= 4 is 80.6 Å². The van der Waals surface area contributed by atoms with Gasteiger partial charge < -0.3 is 24.8 Å². The monoisotopic (exact) mass is 828 g/mol. The normalized spacial score (nSPS) is 14.6. The number of hydrogen-bond acceptors (Lipinski definition) is 7. The van der Waals surface area contributed by atoms with Crippen LogP contribution in [0, 0.1) is 13.0 Å². The van der Waals surface area contributed by atoms with Crippen LogP contribution < -0.4 is 25.5 Å². The van der Waals surface area contributed by atoms with Crippen molar-refractivity contribution in [2.75, 3.05) is 13.2 Å². The highest BCUT2D eigenvalue weighted by Crippen LogP contribution is 2.34. The van der Waals surface area contributed by atoms with Crippen LogP contribution in [0.1, 0.15) is 36.6 Å². The largest absolute Gasteiger partial charge is 0.487 e. The zero-order valence-electron chi connectivity index (χ0n) is 23.1. The van der Waals surface area contributed by atoms with Gasteiger partial charge in [-0.1, -0.05) is 36.4 Å². The van der Waals surface area contributed by atoms with Crippen molar-refractivity contribution in [1.82, 2.24) is 16.1 Å². The number of benzene rings is 3. The summed E-state index contributed by atoms with van der Waals surface area (Å²) in [4.78, 5) is 25.3. The maximum absolute atomic E-state index is 13.9. The third-order valence-corrected chi connectivity index (χ3v) is 7.93. The quantitative estimate of drug-likeness (QED) is 0.0766. The van der Waals surface area contributed by atoms with Crippen LogP contribution in [0.3, 0.4) is 0 Å². The minimum Gasteiger partial charge on any atom is -0.487 e. The van der Waals surface area contributed by atoms with E-state index in [1.807, 2.05) is 12.1 Å². The molecule has 224 valence electrons. The van der Waals surface area contributed by atoms with Gasteiger partial charge >= 0.3 is 5.97 Å². The lowest BCUT2D eigenvalue weighted by Gasteiger charge is -2.30. The molecule has 0 aliphatic carbocycles. The molecule has 1 amide bonds. The van der Waals surface area contributed by atoms with Crippen molar-refractivity contribution in [2.24, 2.45) is 5.10 Å². The van der Waals surface area contributed by atoms with Crippen molar-refractivity contribution in [3.8, 4) is 11.5 Å². The average molecular weight is 828 g/mol. The van der Waals surface area contributed by atoms with Crippen LogP contribution in [0.25, 0.3) is 0 Å². The molecule has 0 spiro atoms. The number of para-hydroxylation sites is 1. The molecule has 13 heteroatoms. The van der Waals surface area contributed by atoms with Gasteiger partial charge in [-0.25, -0.2) is 14.6 Å². The first-order chi connectivity index (χ1) is 20.7. The SMILES string of the molecule is CCOC(=O)C1=C(C)NC(=S)N[C@H]1c1ccccc1OCC(=O)NN=Cc1cc(I)c(OCc2ccccc2F)c(I)c1. The predicted molar refractivity (Wildman–Crippen MR) is 181 cm³/mol. The first-order valence-corrected chi connectivity index (χ1v) is 15.6. The Labute approximate surface area is 280 Å². The maximum atomic E-state index is 13.9. The minimum absolute atomic E-state index is 0.103. The highest BCUT2D eigenvalue weighted by atomic mass is 127. The molecular weight excluding hydrogens is 801 g/mol. The van der Waals surface area contributed by atoms with E-state index in [1.54, 1.807) is 56.3 Å². The van der Waals surface area contributed by atoms with Gasteiger partial charge in [0.15, 0.2) is 11.7 Å². The number of hydrogen-bond donors (Lipinski definition) is 3. The van der Waals surface area contributed by atoms with Gasteiger partial charge in [-0.2, -0.15) is 5.10 Å². The Kier molecular flexibility index (Phi) is 11.7. The van der Waals surface area contributed by atoms with Crippen molar-refractivity contribution in [1.29, 1.82) is 0 Å². The summed E-state index contributed by atoms with van der Waals surface area (Å²) >= 11 is 9.59. The van der Waals surface area contributed by atoms with Crippen molar-refractivity contribution in [3.63, 3.8) is 0 Å². The molecule has 3 N–H and O–H groups in total. The Morgan fingerprint density at radius 1 is 1.09 bits per heavy atom. The molecule has 1 heterocycles. The smallest absolute Gasteiger partial charge is 0.338 e. The van der Waals surface area contributed by atoms with E-state index in [0.29, 0.717) is 39.0 Å². The number of carbonyl (C=O) groups is 2. The number of thiocarbonyl (C=S) groups is 1. The average Bonchev–Trinajstić information content (AvgIpc) is 2.96. The third kappa shape index (κ3) is 8.63. The number of carbonyl (C=O) groups excluding carboxylic acids is 2. The summed E-state index contributed by atoms with van der Waals surface area (Å²) in [7, 11) is 0. The van der Waals surface area contributed by atoms with E-state index < -0.39 is 17.9 Å². The van der Waals surface area contributed by atoms with E-state index in [0.717, 1.165) is 12.7 Å². The molecule has 1 aliphatic rings. The van der Waals surface area contributed by atoms with Crippen LogP contribution >= 0.6 is 57.4 Å². The van der Waals surface area contributed by atoms with Crippen LogP contribution in [-0.4, -0.2) is 36.4 Å². The molecule has 0 radical (unpaired) electrons. The van der Waals surface area contributed by atoms with E-state index in [1.165, 1.54) is 12.3 Å². The van der Waals surface area contributed by atoms with Crippen LogP contribution in [0.5, 0.6) is 11.5 Å². The molecular formula is C30H27FI2N4O5S. The summed E-state index contributed by atoms with van der Waals surface area (Å²) in [5, 5.41) is 10.5. The number of amides is 1. The Bertz CT molecular complexity index is 1580. The Morgan fingerprint density at radius 2 is 1.79 bits per heavy atom. The van der Waals surface area contributed by atoms with E-state index in [9.17, 15) is 14.0 Å². The zero-order chi connectivity index (χ0) is 30.9. The van der Waals surface area contributed by atoms with Gasteiger partial charge in [0.2, 0.25) is 0 Å². The van der Waals surface area contributed by atoms with Crippen molar-refractivity contribution in [3.05, 3.63) is 102 Å². The number of halogens is 3. The van der Waals surface area contributed by atoms with Crippen molar-refractivity contribution in [2.45, 2.75) is 26.5 Å². The van der Waals surface area contributed by atoms with Gasteiger partial charge in [-0.15, -0.1) is 0 Å². The van der Waals surface area contributed by atoms with Gasteiger partial charge in [0.1, 0.15) is 23.9 Å². The van der Waals surface area contributed by atoms with E-state index in [-0.39, 0.29) is 25.6 Å². The summed E-state index contributed by atoms with van der Waals surface area (Å²) < 4.78 is 32.5. The molecule has 0 saturated carbocycles. The number of nitrogens with one attached hydrogen (secondary N) is 3. The zero-order valence-corrected chi connectivity index (χ0v) is 28.2. The molecule has 0 saturated heterocycles. The number of hydrazone groups is 1. The van der Waals surface area contributed by atoms with Gasteiger partial charge in [0.25, 0.3) is 5.91 Å². The van der Waals surface area contributed by atoms with Crippen LogP contribution in [-0.2, 0) is 20.9 Å². The number of allylic oxidation sites excluding steroid dienone is 1. The van der Waals surface area contributed by atoms with E-state index in [4.69, 9.17) is 26.4 Å². The lowest BCUT2D eigenvalue weighted by molar-refractivity contribution is -0.139. The molecule has 0 aromatic heterocycles. The predicted octanol–water partition coefficient (Wildman–Crippen LogP) is 5.50. The molecule has 43 heavy (non-hydrogen) atoms. The number of rotatable bonds is 11. The Balaban J connectivity index is 1.38. The van der Waals surface area contributed by atoms with Gasteiger partial charge in [0.05, 0.1) is 31.6 Å². The van der Waals surface area contributed by atoms with Gasteiger partial charge in [0, 0.05) is 16.8 Å². The number of ether oxygens (including phenoxy) is 3. The molecule has 0 bridgehead atoms. The first kappa shape index (κ1) is 32.6. The van der Waals surface area contributed by atoms with Crippen molar-refractivity contribution < 1.29 is 28.2 Å². The molecule has 3 aromatic carbocycles. The van der Waals surface area contributed by atoms with Crippen LogP contribution in [0.15, 0.2) is 77.0 Å². The molecule has 9 nitrogen and oxygen atoms in total. The van der Waals surface area contributed by atoms with E-state index >= 15 is 0 Å². The minimum atomic E-state index is -0.631. The fraction of sp³-hybridized carbons (Fsp3) is 0.200. The van der Waals surface area contributed by atoms with Crippen LogP contribution in [0.2, 0.25) is 0 Å². The summed E-state index contributed by atoms with van der Waals surface area (Å²) in [5.74, 6) is -0.249. The maximum Gasteiger partial charge on any atom is 0.338 e. The summed E-state index contributed by atoms with van der Waals surface area (Å²) in [6.45, 7) is 3.48. The first-order valence-electron chi connectivity index (χ1n) is 13.0. The molecule has 4 rings (SSSR count). The highest BCUT2D eigenvalue weighted by Gasteiger charge is 2.32. The second kappa shape index (κ2) is 15.4. The van der Waals surface area contributed by atoms with E-state index in [2.05, 4.69) is 66.3 Å². The van der Waals surface area contributed by atoms with Gasteiger partial charge in [-0.3, -0.25) is 4.79 Å². The molecule has 1 aliphatic heterocycles. The second-order valence-electron chi connectivity index (χ2n) is 9.10.